The molecule has 0 bridgehead atoms. The molecule has 1 amide bonds. The van der Waals surface area contributed by atoms with E-state index >= 15 is 0 Å². The van der Waals surface area contributed by atoms with Crippen LogP contribution in [0.25, 0.3) is 0 Å². The third-order valence-corrected chi connectivity index (χ3v) is 3.77. The molecule has 3 rings (SSSR count). The Kier molecular flexibility index (Phi) is 3.52. The molecule has 0 spiro atoms. The molecule has 108 valence electrons. The fourth-order valence-corrected chi connectivity index (χ4v) is 2.75. The summed E-state index contributed by atoms with van der Waals surface area (Å²) in [5.41, 5.74) is 2.70. The molecular weight excluding hydrogens is 266 g/mol. The second-order valence-electron chi connectivity index (χ2n) is 4.88. The van der Waals surface area contributed by atoms with Crippen molar-refractivity contribution in [2.24, 2.45) is 0 Å². The van der Waals surface area contributed by atoms with Crippen LogP contribution in [0.3, 0.4) is 0 Å². The van der Waals surface area contributed by atoms with Gasteiger partial charge in [-0.3, -0.25) is 4.79 Å². The molecule has 4 heteroatoms. The Morgan fingerprint density at radius 2 is 1.86 bits per heavy atom. The molecule has 0 aliphatic carbocycles. The molecule has 0 fully saturated rings. The van der Waals surface area contributed by atoms with Gasteiger partial charge in [0.2, 0.25) is 0 Å². The average molecular weight is 283 g/mol. The maximum absolute atomic E-state index is 12.8. The number of hydrogen-bond donors (Lipinski definition) is 0. The molecule has 2 aromatic rings. The third-order valence-electron chi connectivity index (χ3n) is 3.77. The van der Waals surface area contributed by atoms with Crippen molar-refractivity contribution in [3.63, 3.8) is 0 Å². The summed E-state index contributed by atoms with van der Waals surface area (Å²) in [5, 5.41) is 0. The minimum atomic E-state index is -0.0595. The maximum Gasteiger partial charge on any atom is 0.262 e. The van der Waals surface area contributed by atoms with Crippen LogP contribution in [0, 0.1) is 0 Å². The van der Waals surface area contributed by atoms with Gasteiger partial charge in [0.25, 0.3) is 5.91 Å². The number of nitrogens with zero attached hydrogens (tertiary/aromatic N) is 1. The standard InChI is InChI=1S/C17H17NO3/c1-20-15-9-5-7-13(16(15)21-2)17(19)18-11-10-12-6-3-4-8-14(12)18/h3-9H,10-11H2,1-2H3. The molecule has 0 aromatic heterocycles. The van der Waals surface area contributed by atoms with Crippen LogP contribution >= 0.6 is 0 Å². The first-order chi connectivity index (χ1) is 10.3. The van der Waals surface area contributed by atoms with Gasteiger partial charge in [0.05, 0.1) is 19.8 Å². The van der Waals surface area contributed by atoms with Gasteiger partial charge in [-0.1, -0.05) is 24.3 Å². The molecule has 2 aromatic carbocycles. The number of anilines is 1. The molecule has 0 unspecified atom stereocenters. The van der Waals surface area contributed by atoms with Crippen molar-refractivity contribution in [3.05, 3.63) is 53.6 Å². The number of amides is 1. The zero-order valence-electron chi connectivity index (χ0n) is 12.1. The topological polar surface area (TPSA) is 38.8 Å². The van der Waals surface area contributed by atoms with Crippen LogP contribution in [0.4, 0.5) is 5.69 Å². The first-order valence-electron chi connectivity index (χ1n) is 6.87. The lowest BCUT2D eigenvalue weighted by Gasteiger charge is -2.19. The van der Waals surface area contributed by atoms with Crippen molar-refractivity contribution in [3.8, 4) is 11.5 Å². The molecule has 0 atom stereocenters. The Bertz CT molecular complexity index is 681. The first-order valence-corrected chi connectivity index (χ1v) is 6.87. The summed E-state index contributed by atoms with van der Waals surface area (Å²) in [6, 6.07) is 13.3. The van der Waals surface area contributed by atoms with Crippen LogP contribution in [0.15, 0.2) is 42.5 Å². The number of ether oxygens (including phenoxy) is 2. The highest BCUT2D eigenvalue weighted by Crippen LogP contribution is 2.34. The molecule has 0 radical (unpaired) electrons. The van der Waals surface area contributed by atoms with Gasteiger partial charge < -0.3 is 14.4 Å². The zero-order valence-corrected chi connectivity index (χ0v) is 12.1. The van der Waals surface area contributed by atoms with Crippen molar-refractivity contribution >= 4 is 11.6 Å². The van der Waals surface area contributed by atoms with Gasteiger partial charge in [-0.2, -0.15) is 0 Å². The summed E-state index contributed by atoms with van der Waals surface area (Å²) in [4.78, 5) is 14.6. The normalized spacial score (nSPS) is 13.0. The Labute approximate surface area is 123 Å². The number of fused-ring (bicyclic) bond motifs is 1. The van der Waals surface area contributed by atoms with Crippen molar-refractivity contribution in [2.75, 3.05) is 25.7 Å². The Morgan fingerprint density at radius 3 is 2.62 bits per heavy atom. The summed E-state index contributed by atoms with van der Waals surface area (Å²) in [6.07, 6.45) is 0.883. The van der Waals surface area contributed by atoms with Crippen molar-refractivity contribution in [1.82, 2.24) is 0 Å². The number of hydrogen-bond acceptors (Lipinski definition) is 3. The molecule has 1 heterocycles. The largest absolute Gasteiger partial charge is 0.493 e. The molecule has 0 saturated carbocycles. The molecule has 0 saturated heterocycles. The minimum Gasteiger partial charge on any atom is -0.493 e. The lowest BCUT2D eigenvalue weighted by Crippen LogP contribution is -2.29. The summed E-state index contributed by atoms with van der Waals surface area (Å²) in [7, 11) is 3.11. The monoisotopic (exact) mass is 283 g/mol. The third kappa shape index (κ3) is 2.23. The van der Waals surface area contributed by atoms with Gasteiger partial charge in [-0.25, -0.2) is 0 Å². The minimum absolute atomic E-state index is 0.0595. The van der Waals surface area contributed by atoms with E-state index in [0.29, 0.717) is 23.6 Å². The summed E-state index contributed by atoms with van der Waals surface area (Å²) in [5.74, 6) is 0.987. The Balaban J connectivity index is 2.01. The van der Waals surface area contributed by atoms with Gasteiger partial charge in [-0.05, 0) is 30.2 Å². The van der Waals surface area contributed by atoms with Crippen LogP contribution < -0.4 is 14.4 Å². The van der Waals surface area contributed by atoms with E-state index in [9.17, 15) is 4.79 Å². The van der Waals surface area contributed by atoms with E-state index in [4.69, 9.17) is 9.47 Å². The van der Waals surface area contributed by atoms with Crippen LogP contribution in [0.1, 0.15) is 15.9 Å². The molecular formula is C17H17NO3. The van der Waals surface area contributed by atoms with Gasteiger partial charge in [0.15, 0.2) is 11.5 Å². The Hall–Kier alpha value is -2.49. The summed E-state index contributed by atoms with van der Waals surface area (Å²) >= 11 is 0. The fourth-order valence-electron chi connectivity index (χ4n) is 2.75. The van der Waals surface area contributed by atoms with E-state index in [-0.39, 0.29) is 5.91 Å². The van der Waals surface area contributed by atoms with Crippen LogP contribution in [-0.2, 0) is 6.42 Å². The van der Waals surface area contributed by atoms with Gasteiger partial charge >= 0.3 is 0 Å². The van der Waals surface area contributed by atoms with E-state index in [1.54, 1.807) is 37.3 Å². The number of benzene rings is 2. The zero-order chi connectivity index (χ0) is 14.8. The highest BCUT2D eigenvalue weighted by atomic mass is 16.5. The second-order valence-corrected chi connectivity index (χ2v) is 4.88. The van der Waals surface area contributed by atoms with Gasteiger partial charge in [0.1, 0.15) is 0 Å². The summed E-state index contributed by atoms with van der Waals surface area (Å²) < 4.78 is 10.6. The van der Waals surface area contributed by atoms with E-state index in [2.05, 4.69) is 6.07 Å². The van der Waals surface area contributed by atoms with Gasteiger partial charge in [-0.15, -0.1) is 0 Å². The fraction of sp³-hybridized carbons (Fsp3) is 0.235. The summed E-state index contributed by atoms with van der Waals surface area (Å²) in [6.45, 7) is 0.693. The highest BCUT2D eigenvalue weighted by molar-refractivity contribution is 6.09. The second kappa shape index (κ2) is 5.48. The van der Waals surface area contributed by atoms with Crippen molar-refractivity contribution < 1.29 is 14.3 Å². The first kappa shape index (κ1) is 13.5. The van der Waals surface area contributed by atoms with E-state index in [0.717, 1.165) is 12.1 Å². The van der Waals surface area contributed by atoms with Crippen LogP contribution in [0.5, 0.6) is 11.5 Å². The molecule has 1 aliphatic heterocycles. The quantitative estimate of drug-likeness (QED) is 0.869. The van der Waals surface area contributed by atoms with E-state index < -0.39 is 0 Å². The predicted molar refractivity (Wildman–Crippen MR) is 81.4 cm³/mol. The van der Waals surface area contributed by atoms with E-state index in [1.165, 1.54) is 5.56 Å². The van der Waals surface area contributed by atoms with Crippen LogP contribution in [-0.4, -0.2) is 26.7 Å². The van der Waals surface area contributed by atoms with Gasteiger partial charge in [0, 0.05) is 12.2 Å². The van der Waals surface area contributed by atoms with Crippen molar-refractivity contribution in [2.45, 2.75) is 6.42 Å². The van der Waals surface area contributed by atoms with E-state index in [1.807, 2.05) is 18.2 Å². The average Bonchev–Trinajstić information content (AvgIpc) is 2.97. The maximum atomic E-state index is 12.8. The smallest absolute Gasteiger partial charge is 0.262 e. The number of rotatable bonds is 3. The molecule has 1 aliphatic rings. The lowest BCUT2D eigenvalue weighted by atomic mass is 10.1. The van der Waals surface area contributed by atoms with Crippen LogP contribution in [0.2, 0.25) is 0 Å². The van der Waals surface area contributed by atoms with Crippen molar-refractivity contribution in [1.29, 1.82) is 0 Å². The molecule has 4 nitrogen and oxygen atoms in total. The molecule has 21 heavy (non-hydrogen) atoms. The SMILES string of the molecule is COc1cccc(C(=O)N2CCc3ccccc32)c1OC. The predicted octanol–water partition coefficient (Wildman–Crippen LogP) is 2.91. The molecule has 0 N–H and O–H groups in total. The number of carbonyl (C=O) groups is 1. The lowest BCUT2D eigenvalue weighted by molar-refractivity contribution is 0.0986. The highest BCUT2D eigenvalue weighted by Gasteiger charge is 2.28. The number of methoxy groups -OCH3 is 2. The number of para-hydroxylation sites is 2. The number of carbonyl (C=O) groups excluding carboxylic acids is 1. The Morgan fingerprint density at radius 1 is 1.05 bits per heavy atom.